The van der Waals surface area contributed by atoms with E-state index >= 15 is 0 Å². The number of carbonyl (C=O) groups excluding carboxylic acids is 1. The monoisotopic (exact) mass is 170 g/mol. The summed E-state index contributed by atoms with van der Waals surface area (Å²) < 4.78 is 1.67. The minimum atomic E-state index is -0.620. The first-order valence-electron chi connectivity index (χ1n) is 3.44. The molecule has 4 N–H and O–H groups in total. The lowest BCUT2D eigenvalue weighted by molar-refractivity contribution is 0.0701. The van der Waals surface area contributed by atoms with Crippen LogP contribution in [0.25, 0.3) is 0 Å². The molecule has 1 amide bonds. The van der Waals surface area contributed by atoms with Gasteiger partial charge in [0.2, 0.25) is 0 Å². The van der Waals surface area contributed by atoms with Crippen molar-refractivity contribution in [2.24, 2.45) is 5.73 Å². The van der Waals surface area contributed by atoms with Crippen LogP contribution < -0.4 is 11.2 Å². The molecule has 0 saturated heterocycles. The van der Waals surface area contributed by atoms with Crippen molar-refractivity contribution in [3.8, 4) is 0 Å². The van der Waals surface area contributed by atoms with Crippen LogP contribution in [0.1, 0.15) is 10.5 Å². The van der Waals surface area contributed by atoms with Gasteiger partial charge in [-0.3, -0.25) is 10.0 Å². The molecule has 1 heterocycles. The Hall–Kier alpha value is -1.40. The zero-order valence-electron chi connectivity index (χ0n) is 6.40. The number of imidazole rings is 1. The van der Waals surface area contributed by atoms with E-state index in [2.05, 4.69) is 4.98 Å². The van der Waals surface area contributed by atoms with E-state index in [1.165, 1.54) is 18.0 Å². The molecule has 1 rings (SSSR count). The maximum absolute atomic E-state index is 10.8. The smallest absolute Gasteiger partial charge is 0.294 e. The quantitative estimate of drug-likeness (QED) is 0.399. The number of nitrogens with zero attached hydrogens (tertiary/aromatic N) is 2. The molecule has 0 atom stereocenters. The molecular formula is C6H10N4O2. The van der Waals surface area contributed by atoms with E-state index in [9.17, 15) is 4.79 Å². The van der Waals surface area contributed by atoms with Gasteiger partial charge >= 0.3 is 0 Å². The molecule has 0 aromatic carbocycles. The normalized spacial score (nSPS) is 9.83. The largest absolute Gasteiger partial charge is 0.335 e. The molecule has 12 heavy (non-hydrogen) atoms. The Kier molecular flexibility index (Phi) is 2.78. The molecule has 0 bridgehead atoms. The van der Waals surface area contributed by atoms with Gasteiger partial charge in [-0.05, 0) is 0 Å². The molecule has 0 unspecified atom stereocenters. The number of hydroxylamine groups is 1. The number of aromatic nitrogens is 2. The van der Waals surface area contributed by atoms with Crippen LogP contribution in [-0.4, -0.2) is 27.2 Å². The van der Waals surface area contributed by atoms with E-state index in [-0.39, 0.29) is 5.69 Å². The second-order valence-corrected chi connectivity index (χ2v) is 2.23. The first-order chi connectivity index (χ1) is 5.77. The van der Waals surface area contributed by atoms with Crippen molar-refractivity contribution in [3.63, 3.8) is 0 Å². The number of hydrogen-bond donors (Lipinski definition) is 3. The van der Waals surface area contributed by atoms with Crippen LogP contribution in [-0.2, 0) is 6.54 Å². The van der Waals surface area contributed by atoms with Crippen LogP contribution >= 0.6 is 0 Å². The second-order valence-electron chi connectivity index (χ2n) is 2.23. The van der Waals surface area contributed by atoms with Crippen LogP contribution in [0.3, 0.4) is 0 Å². The van der Waals surface area contributed by atoms with Gasteiger partial charge in [-0.2, -0.15) is 0 Å². The van der Waals surface area contributed by atoms with Gasteiger partial charge in [-0.25, -0.2) is 10.5 Å². The van der Waals surface area contributed by atoms with E-state index in [0.29, 0.717) is 13.1 Å². The number of nitrogens with one attached hydrogen (secondary N) is 1. The van der Waals surface area contributed by atoms with Crippen LogP contribution in [0, 0.1) is 0 Å². The molecule has 1 aromatic heterocycles. The van der Waals surface area contributed by atoms with Gasteiger partial charge in [0.05, 0.1) is 6.33 Å². The fraction of sp³-hybridized carbons (Fsp3) is 0.333. The van der Waals surface area contributed by atoms with Gasteiger partial charge in [-0.15, -0.1) is 0 Å². The van der Waals surface area contributed by atoms with E-state index in [4.69, 9.17) is 10.9 Å². The minimum Gasteiger partial charge on any atom is -0.335 e. The zero-order valence-corrected chi connectivity index (χ0v) is 6.40. The fourth-order valence-electron chi connectivity index (χ4n) is 0.806. The first-order valence-corrected chi connectivity index (χ1v) is 3.44. The van der Waals surface area contributed by atoms with E-state index < -0.39 is 5.91 Å². The number of carbonyl (C=O) groups is 1. The third-order valence-corrected chi connectivity index (χ3v) is 1.35. The van der Waals surface area contributed by atoms with Crippen molar-refractivity contribution in [2.75, 3.05) is 6.54 Å². The van der Waals surface area contributed by atoms with Crippen molar-refractivity contribution in [3.05, 3.63) is 18.2 Å². The van der Waals surface area contributed by atoms with E-state index in [1.54, 1.807) is 4.57 Å². The molecule has 6 heteroatoms. The Morgan fingerprint density at radius 2 is 2.58 bits per heavy atom. The molecule has 0 radical (unpaired) electrons. The highest BCUT2D eigenvalue weighted by Gasteiger charge is 2.06. The molecule has 0 aliphatic carbocycles. The van der Waals surface area contributed by atoms with Gasteiger partial charge in [0.15, 0.2) is 0 Å². The second kappa shape index (κ2) is 3.84. The Morgan fingerprint density at radius 1 is 1.83 bits per heavy atom. The molecular weight excluding hydrogens is 160 g/mol. The standard InChI is InChI=1S/C6H10N4O2/c7-1-2-10-3-5(8-4-10)6(11)9-12/h3-4,12H,1-2,7H2,(H,9,11). The van der Waals surface area contributed by atoms with Crippen molar-refractivity contribution < 1.29 is 10.0 Å². The average molecular weight is 170 g/mol. The summed E-state index contributed by atoms with van der Waals surface area (Å²) in [5.41, 5.74) is 6.94. The summed E-state index contributed by atoms with van der Waals surface area (Å²) in [5, 5.41) is 8.25. The summed E-state index contributed by atoms with van der Waals surface area (Å²) in [6.07, 6.45) is 3.00. The van der Waals surface area contributed by atoms with Crippen molar-refractivity contribution in [1.29, 1.82) is 0 Å². The first kappa shape index (κ1) is 8.69. The van der Waals surface area contributed by atoms with Crippen molar-refractivity contribution in [1.82, 2.24) is 15.0 Å². The Morgan fingerprint density at radius 3 is 3.17 bits per heavy atom. The third-order valence-electron chi connectivity index (χ3n) is 1.35. The lowest BCUT2D eigenvalue weighted by Gasteiger charge is -1.95. The number of rotatable bonds is 3. The molecule has 0 aliphatic rings. The Balaban J connectivity index is 2.70. The summed E-state index contributed by atoms with van der Waals surface area (Å²) in [6.45, 7) is 1.09. The lowest BCUT2D eigenvalue weighted by Crippen LogP contribution is -2.18. The van der Waals surface area contributed by atoms with E-state index in [0.717, 1.165) is 0 Å². The number of nitrogens with two attached hydrogens (primary N) is 1. The number of amides is 1. The molecule has 0 saturated carbocycles. The topological polar surface area (TPSA) is 93.2 Å². The van der Waals surface area contributed by atoms with Gasteiger partial charge < -0.3 is 10.3 Å². The van der Waals surface area contributed by atoms with Gasteiger partial charge in [0.1, 0.15) is 5.69 Å². The summed E-state index contributed by atoms with van der Waals surface area (Å²) in [6, 6.07) is 0. The van der Waals surface area contributed by atoms with Crippen LogP contribution in [0.2, 0.25) is 0 Å². The van der Waals surface area contributed by atoms with Crippen LogP contribution in [0.15, 0.2) is 12.5 Å². The highest BCUT2D eigenvalue weighted by Crippen LogP contribution is 1.94. The summed E-state index contributed by atoms with van der Waals surface area (Å²) in [5.74, 6) is -0.620. The maximum Gasteiger partial charge on any atom is 0.294 e. The predicted octanol–water partition coefficient (Wildman–Crippen LogP) is -1.04. The molecule has 6 nitrogen and oxygen atoms in total. The van der Waals surface area contributed by atoms with Crippen molar-refractivity contribution in [2.45, 2.75) is 6.54 Å². The summed E-state index contributed by atoms with van der Waals surface area (Å²) in [4.78, 5) is 14.5. The Labute approximate surface area is 69.0 Å². The molecule has 0 fully saturated rings. The summed E-state index contributed by atoms with van der Waals surface area (Å²) in [7, 11) is 0. The van der Waals surface area contributed by atoms with Crippen molar-refractivity contribution >= 4 is 5.91 Å². The van der Waals surface area contributed by atoms with Crippen LogP contribution in [0.4, 0.5) is 0 Å². The minimum absolute atomic E-state index is 0.172. The Bertz CT molecular complexity index is 270. The molecule has 0 spiro atoms. The zero-order chi connectivity index (χ0) is 8.97. The SMILES string of the molecule is NCCn1cnc(C(=O)NO)c1. The lowest BCUT2D eigenvalue weighted by atomic mass is 10.4. The molecule has 0 aliphatic heterocycles. The number of hydrogen-bond acceptors (Lipinski definition) is 4. The summed E-state index contributed by atoms with van der Waals surface area (Å²) >= 11 is 0. The van der Waals surface area contributed by atoms with Crippen LogP contribution in [0.5, 0.6) is 0 Å². The van der Waals surface area contributed by atoms with Gasteiger partial charge in [-0.1, -0.05) is 0 Å². The molecule has 66 valence electrons. The predicted molar refractivity (Wildman–Crippen MR) is 40.5 cm³/mol. The van der Waals surface area contributed by atoms with E-state index in [1.807, 2.05) is 0 Å². The third kappa shape index (κ3) is 1.80. The molecule has 1 aromatic rings. The maximum atomic E-state index is 10.8. The highest BCUT2D eigenvalue weighted by atomic mass is 16.5. The fourth-order valence-corrected chi connectivity index (χ4v) is 0.806. The van der Waals surface area contributed by atoms with Gasteiger partial charge in [0, 0.05) is 19.3 Å². The highest BCUT2D eigenvalue weighted by molar-refractivity contribution is 5.91. The van der Waals surface area contributed by atoms with Gasteiger partial charge in [0.25, 0.3) is 5.91 Å². The average Bonchev–Trinajstić information content (AvgIpc) is 2.52.